The minimum absolute atomic E-state index is 0.0474. The number of ether oxygens (including phenoxy) is 1. The Hall–Kier alpha value is -2.28. The predicted molar refractivity (Wildman–Crippen MR) is 70.7 cm³/mol. The van der Waals surface area contributed by atoms with Crippen molar-refractivity contribution in [3.63, 3.8) is 0 Å². The first-order valence-corrected chi connectivity index (χ1v) is 5.93. The first kappa shape index (κ1) is 14.1. The molecule has 2 rings (SSSR count). The lowest BCUT2D eigenvalue weighted by atomic mass is 9.85. The normalized spacial score (nSPS) is 15.7. The third-order valence-electron chi connectivity index (χ3n) is 3.12. The third kappa shape index (κ3) is 2.05. The number of aromatic nitrogens is 1. The van der Waals surface area contributed by atoms with Crippen LogP contribution in [0, 0.1) is 0 Å². The Morgan fingerprint density at radius 3 is 2.75 bits per heavy atom. The fourth-order valence-corrected chi connectivity index (χ4v) is 2.06. The number of methoxy groups -OCH3 is 1. The zero-order valence-corrected chi connectivity index (χ0v) is 11.5. The molecule has 1 aliphatic rings. The van der Waals surface area contributed by atoms with Crippen LogP contribution in [0.25, 0.3) is 6.58 Å². The molecule has 0 bridgehead atoms. The summed E-state index contributed by atoms with van der Waals surface area (Å²) < 4.78 is 4.69. The molecule has 7 heteroatoms. The lowest BCUT2D eigenvalue weighted by Crippen LogP contribution is -2.34. The van der Waals surface area contributed by atoms with Gasteiger partial charge in [-0.1, -0.05) is 6.58 Å². The summed E-state index contributed by atoms with van der Waals surface area (Å²) in [7, 11) is 1.38. The quantitative estimate of drug-likeness (QED) is 0.754. The maximum Gasteiger partial charge on any atom is 0.256 e. The van der Waals surface area contributed by atoms with E-state index in [0.29, 0.717) is 5.56 Å². The minimum atomic E-state index is -0.977. The summed E-state index contributed by atoms with van der Waals surface area (Å²) in [6, 6.07) is 0. The van der Waals surface area contributed by atoms with E-state index in [1.54, 1.807) is 13.8 Å². The Morgan fingerprint density at radius 2 is 2.15 bits per heavy atom. The molecule has 0 aliphatic carbocycles. The van der Waals surface area contributed by atoms with Gasteiger partial charge in [-0.25, -0.2) is 9.98 Å². The van der Waals surface area contributed by atoms with Crippen LogP contribution in [-0.4, -0.2) is 35.6 Å². The van der Waals surface area contributed by atoms with Gasteiger partial charge < -0.3 is 15.2 Å². The molecule has 7 nitrogen and oxygen atoms in total. The highest BCUT2D eigenvalue weighted by molar-refractivity contribution is 5.95. The Morgan fingerprint density at radius 1 is 1.50 bits per heavy atom. The molecule has 1 aromatic rings. The van der Waals surface area contributed by atoms with Crippen LogP contribution < -0.4 is 16.0 Å². The van der Waals surface area contributed by atoms with E-state index in [1.807, 2.05) is 0 Å². The van der Waals surface area contributed by atoms with Crippen molar-refractivity contribution >= 4 is 24.2 Å². The lowest BCUT2D eigenvalue weighted by Gasteiger charge is -2.18. The second-order valence-electron chi connectivity index (χ2n) is 5.00. The van der Waals surface area contributed by atoms with E-state index in [9.17, 15) is 14.7 Å². The summed E-state index contributed by atoms with van der Waals surface area (Å²) in [4.78, 5) is 31.2. The van der Waals surface area contributed by atoms with Crippen LogP contribution in [-0.2, 0) is 19.7 Å². The monoisotopic (exact) mass is 277 g/mol. The highest BCUT2D eigenvalue weighted by Crippen LogP contribution is 2.34. The average molecular weight is 277 g/mol. The second-order valence-corrected chi connectivity index (χ2v) is 5.00. The van der Waals surface area contributed by atoms with E-state index in [-0.39, 0.29) is 34.8 Å². The van der Waals surface area contributed by atoms with Crippen LogP contribution in [0.5, 0.6) is 5.75 Å². The molecule has 1 aromatic heterocycles. The van der Waals surface area contributed by atoms with E-state index in [4.69, 9.17) is 0 Å². The number of fused-ring (bicyclic) bond motifs is 1. The van der Waals surface area contributed by atoms with Gasteiger partial charge in [0.1, 0.15) is 12.0 Å². The number of hydrogen-bond donors (Lipinski definition) is 2. The summed E-state index contributed by atoms with van der Waals surface area (Å²) in [6.07, 6.45) is 0. The molecule has 0 saturated carbocycles. The summed E-state index contributed by atoms with van der Waals surface area (Å²) in [5.41, 5.74) is -0.648. The number of carbonyl (C=O) groups excluding carboxylic acids is 2. The minimum Gasteiger partial charge on any atom is -0.504 e. The van der Waals surface area contributed by atoms with Gasteiger partial charge in [-0.2, -0.15) is 0 Å². The van der Waals surface area contributed by atoms with Gasteiger partial charge in [-0.15, -0.1) is 0 Å². The van der Waals surface area contributed by atoms with Crippen molar-refractivity contribution in [3.8, 4) is 5.75 Å². The Kier molecular flexibility index (Phi) is 3.31. The van der Waals surface area contributed by atoms with Crippen molar-refractivity contribution in [1.29, 1.82) is 0 Å². The zero-order valence-electron chi connectivity index (χ0n) is 11.5. The number of hydrogen-bond acceptors (Lipinski definition) is 5. The molecule has 0 unspecified atom stereocenters. The molecule has 0 saturated heterocycles. The van der Waals surface area contributed by atoms with Crippen LogP contribution in [0.3, 0.4) is 0 Å². The van der Waals surface area contributed by atoms with Gasteiger partial charge in [0.05, 0.1) is 10.8 Å². The molecular weight excluding hydrogens is 262 g/mol. The van der Waals surface area contributed by atoms with Gasteiger partial charge >= 0.3 is 0 Å². The molecule has 2 heterocycles. The van der Waals surface area contributed by atoms with E-state index >= 15 is 0 Å². The van der Waals surface area contributed by atoms with Gasteiger partial charge in [0.25, 0.3) is 11.8 Å². The zero-order chi connectivity index (χ0) is 15.1. The Balaban J connectivity index is 2.58. The summed E-state index contributed by atoms with van der Waals surface area (Å²) in [5.74, 6) is -1.16. The van der Waals surface area contributed by atoms with Crippen molar-refractivity contribution in [2.75, 3.05) is 19.0 Å². The van der Waals surface area contributed by atoms with Crippen LogP contribution in [0.15, 0.2) is 4.99 Å². The second kappa shape index (κ2) is 4.68. The van der Waals surface area contributed by atoms with E-state index in [0.717, 1.165) is 0 Å². The topological polar surface area (TPSA) is 101 Å². The summed E-state index contributed by atoms with van der Waals surface area (Å²) >= 11 is 0. The lowest BCUT2D eigenvalue weighted by molar-refractivity contribution is -0.121. The van der Waals surface area contributed by atoms with Crippen LogP contribution >= 0.6 is 0 Å². The van der Waals surface area contributed by atoms with Crippen LogP contribution in [0.2, 0.25) is 0 Å². The molecule has 106 valence electrons. The summed E-state index contributed by atoms with van der Waals surface area (Å²) in [6.45, 7) is 6.81. The fourth-order valence-electron chi connectivity index (χ4n) is 2.06. The standard InChI is InChI=1S/C13H15N3O4/c1-6-9-8(13(2,3)12(19)16-9)10(18)11(14-6)15-7(17)5-20-4/h18H,1,5H2,2-4H3,(H,14,15,17). The van der Waals surface area contributed by atoms with Gasteiger partial charge in [0.2, 0.25) is 0 Å². The first-order valence-electron chi connectivity index (χ1n) is 5.93. The number of pyridine rings is 1. The maximum atomic E-state index is 11.9. The van der Waals surface area contributed by atoms with E-state index in [2.05, 4.69) is 26.6 Å². The number of aromatic hydroxyl groups is 1. The average Bonchev–Trinajstić information content (AvgIpc) is 2.58. The van der Waals surface area contributed by atoms with Gasteiger partial charge in [-0.3, -0.25) is 9.59 Å². The molecule has 20 heavy (non-hydrogen) atoms. The number of carbonyl (C=O) groups is 2. The maximum absolute atomic E-state index is 11.9. The molecule has 1 aliphatic heterocycles. The molecule has 2 amide bonds. The number of nitrogens with zero attached hydrogens (tertiary/aromatic N) is 2. The highest BCUT2D eigenvalue weighted by atomic mass is 16.5. The third-order valence-corrected chi connectivity index (χ3v) is 3.12. The van der Waals surface area contributed by atoms with Crippen molar-refractivity contribution in [3.05, 3.63) is 16.3 Å². The van der Waals surface area contributed by atoms with Gasteiger partial charge in [0.15, 0.2) is 11.6 Å². The number of amides is 2. The first-order chi connectivity index (χ1) is 9.28. The van der Waals surface area contributed by atoms with Crippen molar-refractivity contribution in [2.45, 2.75) is 19.3 Å². The molecule has 0 fully saturated rings. The van der Waals surface area contributed by atoms with Crippen molar-refractivity contribution < 1.29 is 19.4 Å². The SMILES string of the molecule is C=c1nc(NC(=O)COC)c(O)c2c1=NC(=O)C2(C)C. The Bertz CT molecular complexity index is 709. The van der Waals surface area contributed by atoms with Crippen molar-refractivity contribution in [1.82, 2.24) is 4.98 Å². The predicted octanol–water partition coefficient (Wildman–Crippen LogP) is -0.780. The molecule has 0 aromatic carbocycles. The highest BCUT2D eigenvalue weighted by Gasteiger charge is 2.39. The van der Waals surface area contributed by atoms with E-state index in [1.165, 1.54) is 7.11 Å². The molecule has 0 atom stereocenters. The van der Waals surface area contributed by atoms with Crippen LogP contribution in [0.4, 0.5) is 5.82 Å². The number of nitrogens with one attached hydrogen (secondary N) is 1. The van der Waals surface area contributed by atoms with Crippen molar-refractivity contribution in [2.24, 2.45) is 4.99 Å². The fraction of sp³-hybridized carbons (Fsp3) is 0.385. The van der Waals surface area contributed by atoms with Crippen LogP contribution in [0.1, 0.15) is 19.4 Å². The number of anilines is 1. The number of rotatable bonds is 3. The Labute approximate surface area is 115 Å². The molecule has 0 radical (unpaired) electrons. The van der Waals surface area contributed by atoms with Gasteiger partial charge in [-0.05, 0) is 13.8 Å². The van der Waals surface area contributed by atoms with Gasteiger partial charge in [0, 0.05) is 12.7 Å². The smallest absolute Gasteiger partial charge is 0.256 e. The molecule has 2 N–H and O–H groups in total. The largest absolute Gasteiger partial charge is 0.504 e. The van der Waals surface area contributed by atoms with E-state index < -0.39 is 11.3 Å². The molecule has 0 spiro atoms. The summed E-state index contributed by atoms with van der Waals surface area (Å²) in [5, 5.41) is 13.2. The molecular formula is C13H15N3O4.